The maximum absolute atomic E-state index is 12.7. The molecule has 0 aliphatic heterocycles. The predicted molar refractivity (Wildman–Crippen MR) is 118 cm³/mol. The summed E-state index contributed by atoms with van der Waals surface area (Å²) in [5.41, 5.74) is 1.93. The summed E-state index contributed by atoms with van der Waals surface area (Å²) in [7, 11) is -3.94. The quantitative estimate of drug-likeness (QED) is 0.541. The lowest BCUT2D eigenvalue weighted by molar-refractivity contribution is 0.100. The third-order valence-corrected chi connectivity index (χ3v) is 5.88. The van der Waals surface area contributed by atoms with Crippen molar-refractivity contribution in [1.82, 2.24) is 0 Å². The molecule has 31 heavy (non-hydrogen) atoms. The van der Waals surface area contributed by atoms with Crippen LogP contribution < -0.4 is 10.0 Å². The van der Waals surface area contributed by atoms with Gasteiger partial charge in [-0.1, -0.05) is 6.07 Å². The number of nitrogens with one attached hydrogen (secondary N) is 2. The van der Waals surface area contributed by atoms with Crippen molar-refractivity contribution in [2.24, 2.45) is 0 Å². The fourth-order valence-electron chi connectivity index (χ4n) is 2.78. The van der Waals surface area contributed by atoms with E-state index in [1.165, 1.54) is 62.4 Å². The Morgan fingerprint density at radius 2 is 1.19 bits per heavy atom. The zero-order valence-electron chi connectivity index (χ0n) is 16.9. The van der Waals surface area contributed by atoms with Crippen LogP contribution in [0.1, 0.15) is 44.9 Å². The van der Waals surface area contributed by atoms with Crippen LogP contribution in [0.5, 0.6) is 0 Å². The van der Waals surface area contributed by atoms with Gasteiger partial charge in [-0.25, -0.2) is 8.42 Å². The van der Waals surface area contributed by atoms with Gasteiger partial charge in [0.05, 0.1) is 4.90 Å². The fraction of sp³-hybridized carbons (Fsp3) is 0.0870. The zero-order valence-corrected chi connectivity index (χ0v) is 17.7. The van der Waals surface area contributed by atoms with Crippen molar-refractivity contribution in [3.63, 3.8) is 0 Å². The lowest BCUT2D eigenvalue weighted by atomic mass is 10.1. The Balaban J connectivity index is 1.77. The molecule has 1 amide bonds. The van der Waals surface area contributed by atoms with Crippen molar-refractivity contribution in [2.45, 2.75) is 18.7 Å². The summed E-state index contributed by atoms with van der Waals surface area (Å²) < 4.78 is 27.9. The van der Waals surface area contributed by atoms with E-state index in [4.69, 9.17) is 0 Å². The third-order valence-electron chi connectivity index (χ3n) is 4.50. The van der Waals surface area contributed by atoms with Crippen LogP contribution in [0.3, 0.4) is 0 Å². The average Bonchev–Trinajstić information content (AvgIpc) is 2.74. The van der Waals surface area contributed by atoms with Gasteiger partial charge < -0.3 is 5.32 Å². The van der Waals surface area contributed by atoms with E-state index in [1.807, 2.05) is 0 Å². The number of carbonyl (C=O) groups excluding carboxylic acids is 3. The summed E-state index contributed by atoms with van der Waals surface area (Å²) in [6.07, 6.45) is 0. The Kier molecular flexibility index (Phi) is 6.31. The van der Waals surface area contributed by atoms with E-state index in [-0.39, 0.29) is 22.0 Å². The number of hydrogen-bond donors (Lipinski definition) is 2. The fourth-order valence-corrected chi connectivity index (χ4v) is 3.89. The van der Waals surface area contributed by atoms with Crippen molar-refractivity contribution < 1.29 is 22.8 Å². The molecule has 0 aromatic heterocycles. The summed E-state index contributed by atoms with van der Waals surface area (Å²) in [5.74, 6) is -0.693. The van der Waals surface area contributed by atoms with E-state index in [0.717, 1.165) is 0 Å². The number of amides is 1. The Bertz CT molecular complexity index is 1250. The SMILES string of the molecule is CC(=O)c1ccc(NC(=O)c2cccc(S(=O)(=O)Nc3ccc(C(C)=O)cc3)c2)cc1. The maximum Gasteiger partial charge on any atom is 0.261 e. The summed E-state index contributed by atoms with van der Waals surface area (Å²) in [6.45, 7) is 2.87. The maximum atomic E-state index is 12.7. The summed E-state index contributed by atoms with van der Waals surface area (Å²) in [4.78, 5) is 35.2. The highest BCUT2D eigenvalue weighted by atomic mass is 32.2. The molecule has 3 aromatic rings. The molecular weight excluding hydrogens is 416 g/mol. The van der Waals surface area contributed by atoms with E-state index in [2.05, 4.69) is 10.0 Å². The van der Waals surface area contributed by atoms with Crippen LogP contribution in [0.25, 0.3) is 0 Å². The molecule has 0 saturated carbocycles. The molecule has 8 heteroatoms. The molecule has 0 fully saturated rings. The first kappa shape index (κ1) is 21.9. The second-order valence-corrected chi connectivity index (χ2v) is 8.54. The molecule has 0 radical (unpaired) electrons. The number of anilines is 2. The van der Waals surface area contributed by atoms with Gasteiger partial charge in [0.25, 0.3) is 15.9 Å². The minimum Gasteiger partial charge on any atom is -0.322 e. The lowest BCUT2D eigenvalue weighted by Crippen LogP contribution is -2.16. The molecule has 3 aromatic carbocycles. The largest absolute Gasteiger partial charge is 0.322 e. The van der Waals surface area contributed by atoms with Crippen molar-refractivity contribution in [3.05, 3.63) is 89.5 Å². The van der Waals surface area contributed by atoms with Crippen LogP contribution in [0.2, 0.25) is 0 Å². The molecule has 0 aliphatic carbocycles. The molecule has 0 unspecified atom stereocenters. The molecule has 0 atom stereocenters. The molecule has 2 N–H and O–H groups in total. The van der Waals surface area contributed by atoms with Gasteiger partial charge >= 0.3 is 0 Å². The first-order valence-corrected chi connectivity index (χ1v) is 10.8. The van der Waals surface area contributed by atoms with Crippen molar-refractivity contribution in [1.29, 1.82) is 0 Å². The van der Waals surface area contributed by atoms with Crippen molar-refractivity contribution in [2.75, 3.05) is 10.0 Å². The Hall–Kier alpha value is -3.78. The Morgan fingerprint density at radius 3 is 1.71 bits per heavy atom. The van der Waals surface area contributed by atoms with E-state index >= 15 is 0 Å². The normalized spacial score (nSPS) is 10.9. The van der Waals surface area contributed by atoms with Gasteiger partial charge in [0.15, 0.2) is 11.6 Å². The average molecular weight is 436 g/mol. The van der Waals surface area contributed by atoms with Crippen LogP contribution in [0.4, 0.5) is 11.4 Å². The summed E-state index contributed by atoms with van der Waals surface area (Å²) >= 11 is 0. The van der Waals surface area contributed by atoms with E-state index in [1.54, 1.807) is 24.3 Å². The smallest absolute Gasteiger partial charge is 0.261 e. The standard InChI is InChI=1S/C23H20N2O5S/c1-15(26)17-6-10-20(11-7-17)24-23(28)19-4-3-5-22(14-19)31(29,30)25-21-12-8-18(9-13-21)16(2)27/h3-14,25H,1-2H3,(H,24,28). The minimum atomic E-state index is -3.94. The zero-order chi connectivity index (χ0) is 22.6. The molecule has 0 aliphatic rings. The molecule has 0 heterocycles. The summed E-state index contributed by atoms with van der Waals surface area (Å²) in [5, 5.41) is 2.67. The second-order valence-electron chi connectivity index (χ2n) is 6.85. The van der Waals surface area contributed by atoms with Gasteiger partial charge in [0, 0.05) is 28.1 Å². The van der Waals surface area contributed by atoms with Crippen LogP contribution in [-0.4, -0.2) is 25.9 Å². The minimum absolute atomic E-state index is 0.0808. The van der Waals surface area contributed by atoms with Gasteiger partial charge in [-0.15, -0.1) is 0 Å². The third kappa shape index (κ3) is 5.43. The number of Topliss-reactive ketones (excluding diaryl/α,β-unsaturated/α-hetero) is 2. The molecular formula is C23H20N2O5S. The van der Waals surface area contributed by atoms with Gasteiger partial charge in [-0.3, -0.25) is 19.1 Å². The highest BCUT2D eigenvalue weighted by Gasteiger charge is 2.17. The Labute approximate surface area is 180 Å². The van der Waals surface area contributed by atoms with Crippen LogP contribution >= 0.6 is 0 Å². The molecule has 0 bridgehead atoms. The number of benzene rings is 3. The van der Waals surface area contributed by atoms with Gasteiger partial charge in [0.1, 0.15) is 0 Å². The number of hydrogen-bond acceptors (Lipinski definition) is 5. The van der Waals surface area contributed by atoms with E-state index in [9.17, 15) is 22.8 Å². The topological polar surface area (TPSA) is 109 Å². The second kappa shape index (κ2) is 8.93. The highest BCUT2D eigenvalue weighted by molar-refractivity contribution is 7.92. The molecule has 158 valence electrons. The molecule has 0 saturated heterocycles. The lowest BCUT2D eigenvalue weighted by Gasteiger charge is -2.10. The highest BCUT2D eigenvalue weighted by Crippen LogP contribution is 2.19. The number of ketones is 2. The number of sulfonamides is 1. The molecule has 7 nitrogen and oxygen atoms in total. The molecule has 3 rings (SSSR count). The first-order valence-electron chi connectivity index (χ1n) is 9.32. The van der Waals surface area contributed by atoms with E-state index in [0.29, 0.717) is 22.5 Å². The predicted octanol–water partition coefficient (Wildman–Crippen LogP) is 4.14. The van der Waals surface area contributed by atoms with Gasteiger partial charge in [-0.05, 0) is 80.6 Å². The van der Waals surface area contributed by atoms with Crippen LogP contribution in [0, 0.1) is 0 Å². The number of rotatable bonds is 7. The summed E-state index contributed by atoms with van der Waals surface area (Å²) in [6, 6.07) is 18.1. The van der Waals surface area contributed by atoms with Crippen molar-refractivity contribution in [3.8, 4) is 0 Å². The monoisotopic (exact) mass is 436 g/mol. The number of carbonyl (C=O) groups is 3. The van der Waals surface area contributed by atoms with Crippen LogP contribution in [-0.2, 0) is 10.0 Å². The Morgan fingerprint density at radius 1 is 0.677 bits per heavy atom. The first-order chi connectivity index (χ1) is 14.7. The molecule has 0 spiro atoms. The van der Waals surface area contributed by atoms with Crippen molar-refractivity contribution >= 4 is 38.9 Å². The van der Waals surface area contributed by atoms with Gasteiger partial charge in [0.2, 0.25) is 0 Å². The van der Waals surface area contributed by atoms with Crippen LogP contribution in [0.15, 0.2) is 77.7 Å². The van der Waals surface area contributed by atoms with Gasteiger partial charge in [-0.2, -0.15) is 0 Å². The van der Waals surface area contributed by atoms with E-state index < -0.39 is 15.9 Å².